The number of aromatic nitrogens is 4. The van der Waals surface area contributed by atoms with Gasteiger partial charge in [-0.3, -0.25) is 0 Å². The van der Waals surface area contributed by atoms with E-state index in [9.17, 15) is 4.79 Å². The van der Waals surface area contributed by atoms with E-state index in [4.69, 9.17) is 10.00 Å². The van der Waals surface area contributed by atoms with Crippen molar-refractivity contribution in [1.29, 1.82) is 5.26 Å². The summed E-state index contributed by atoms with van der Waals surface area (Å²) in [5.74, 6) is 1.14. The Bertz CT molecular complexity index is 1130. The summed E-state index contributed by atoms with van der Waals surface area (Å²) in [6, 6.07) is 10.1. The minimum atomic E-state index is -0.484. The molecule has 1 saturated heterocycles. The highest BCUT2D eigenvalue weighted by Gasteiger charge is 2.25. The van der Waals surface area contributed by atoms with Crippen molar-refractivity contribution in [3.05, 3.63) is 54.9 Å². The Balaban J connectivity index is 1.34. The van der Waals surface area contributed by atoms with Crippen LogP contribution in [0.4, 0.5) is 22.1 Å². The van der Waals surface area contributed by atoms with Gasteiger partial charge in [-0.2, -0.15) is 5.26 Å². The summed E-state index contributed by atoms with van der Waals surface area (Å²) in [6.45, 7) is 8.40. The van der Waals surface area contributed by atoms with E-state index in [1.165, 1.54) is 12.4 Å². The number of nitrogens with zero attached hydrogens (tertiary/aromatic N) is 7. The molecule has 0 aliphatic carbocycles. The number of anilines is 3. The van der Waals surface area contributed by atoms with Crippen LogP contribution in [-0.4, -0.2) is 62.3 Å². The molecule has 0 spiro atoms. The maximum Gasteiger partial charge on any atom is 0.410 e. The van der Waals surface area contributed by atoms with E-state index < -0.39 is 5.60 Å². The van der Waals surface area contributed by atoms with Gasteiger partial charge >= 0.3 is 6.09 Å². The van der Waals surface area contributed by atoms with Gasteiger partial charge < -0.3 is 24.4 Å². The monoisotopic (exact) mass is 446 g/mol. The maximum atomic E-state index is 12.3. The fourth-order valence-corrected chi connectivity index (χ4v) is 3.42. The number of nitrogens with one attached hydrogen (secondary N) is 1. The van der Waals surface area contributed by atoms with Gasteiger partial charge in [0.25, 0.3) is 0 Å². The number of imidazole rings is 1. The van der Waals surface area contributed by atoms with Crippen molar-refractivity contribution < 1.29 is 9.53 Å². The van der Waals surface area contributed by atoms with Crippen molar-refractivity contribution in [1.82, 2.24) is 24.4 Å². The number of hydrogen-bond acceptors (Lipinski definition) is 8. The predicted molar refractivity (Wildman–Crippen MR) is 124 cm³/mol. The van der Waals surface area contributed by atoms with Crippen LogP contribution in [0.1, 0.15) is 26.5 Å². The number of benzene rings is 1. The van der Waals surface area contributed by atoms with Crippen molar-refractivity contribution >= 4 is 23.4 Å². The Labute approximate surface area is 192 Å². The Morgan fingerprint density at radius 3 is 2.30 bits per heavy atom. The molecule has 0 saturated carbocycles. The van der Waals surface area contributed by atoms with E-state index >= 15 is 0 Å². The molecule has 3 heterocycles. The van der Waals surface area contributed by atoms with Gasteiger partial charge in [0.05, 0.1) is 18.6 Å². The third-order valence-electron chi connectivity index (χ3n) is 5.05. The van der Waals surface area contributed by atoms with Crippen LogP contribution in [0.15, 0.2) is 49.2 Å². The van der Waals surface area contributed by atoms with Crippen LogP contribution < -0.4 is 10.2 Å². The number of nitriles is 1. The molecule has 1 aromatic carbocycles. The van der Waals surface area contributed by atoms with Crippen LogP contribution >= 0.6 is 0 Å². The zero-order valence-corrected chi connectivity index (χ0v) is 18.9. The molecule has 1 N–H and O–H groups in total. The summed E-state index contributed by atoms with van der Waals surface area (Å²) in [6.07, 6.45) is 6.22. The van der Waals surface area contributed by atoms with Crippen LogP contribution in [-0.2, 0) is 4.74 Å². The van der Waals surface area contributed by atoms with Gasteiger partial charge in [0.1, 0.15) is 29.6 Å². The second-order valence-corrected chi connectivity index (χ2v) is 8.66. The molecule has 10 nitrogen and oxygen atoms in total. The maximum absolute atomic E-state index is 12.3. The lowest BCUT2D eigenvalue weighted by molar-refractivity contribution is 0.0240. The fourth-order valence-electron chi connectivity index (χ4n) is 3.42. The van der Waals surface area contributed by atoms with E-state index in [2.05, 4.69) is 37.3 Å². The van der Waals surface area contributed by atoms with Crippen molar-refractivity contribution in [3.63, 3.8) is 0 Å². The summed E-state index contributed by atoms with van der Waals surface area (Å²) in [4.78, 5) is 28.8. The third-order valence-corrected chi connectivity index (χ3v) is 5.05. The number of hydrogen-bond donors (Lipinski definition) is 1. The fraction of sp³-hybridized carbons (Fsp3) is 0.348. The molecule has 0 atom stereocenters. The number of rotatable bonds is 4. The number of piperazine rings is 1. The van der Waals surface area contributed by atoms with Gasteiger partial charge in [-0.25, -0.2) is 19.7 Å². The lowest BCUT2D eigenvalue weighted by Crippen LogP contribution is -2.50. The Morgan fingerprint density at radius 2 is 1.70 bits per heavy atom. The van der Waals surface area contributed by atoms with Gasteiger partial charge in [-0.1, -0.05) is 0 Å². The Hall–Kier alpha value is -4.13. The first-order chi connectivity index (χ1) is 15.8. The number of amides is 1. The predicted octanol–water partition coefficient (Wildman–Crippen LogP) is 3.33. The molecule has 2 aromatic heterocycles. The number of carbonyl (C=O) groups excluding carboxylic acids is 1. The SMILES string of the molecule is CC(C)(C)OC(=O)N1CCN(c2ccc(-n3cnc(Nc4cnc(C#N)cn4)c3)cc2)CC1. The lowest BCUT2D eigenvalue weighted by atomic mass is 10.2. The van der Waals surface area contributed by atoms with E-state index in [-0.39, 0.29) is 11.8 Å². The zero-order valence-electron chi connectivity index (χ0n) is 18.9. The first-order valence-electron chi connectivity index (χ1n) is 10.7. The van der Waals surface area contributed by atoms with Crippen LogP contribution in [0.25, 0.3) is 5.69 Å². The molecule has 33 heavy (non-hydrogen) atoms. The molecule has 1 fully saturated rings. The number of carbonyl (C=O) groups is 1. The van der Waals surface area contributed by atoms with E-state index in [0.29, 0.717) is 24.7 Å². The van der Waals surface area contributed by atoms with Gasteiger partial charge in [0, 0.05) is 37.6 Å². The molecule has 3 aromatic rings. The van der Waals surface area contributed by atoms with Gasteiger partial charge in [-0.15, -0.1) is 0 Å². The van der Waals surface area contributed by atoms with Gasteiger partial charge in [-0.05, 0) is 45.0 Å². The van der Waals surface area contributed by atoms with Crippen LogP contribution in [0, 0.1) is 11.3 Å². The highest BCUT2D eigenvalue weighted by Crippen LogP contribution is 2.21. The lowest BCUT2D eigenvalue weighted by Gasteiger charge is -2.36. The van der Waals surface area contributed by atoms with Crippen molar-refractivity contribution in [2.45, 2.75) is 26.4 Å². The second-order valence-electron chi connectivity index (χ2n) is 8.66. The minimum absolute atomic E-state index is 0.256. The molecule has 1 amide bonds. The highest BCUT2D eigenvalue weighted by atomic mass is 16.6. The van der Waals surface area contributed by atoms with Gasteiger partial charge in [0.15, 0.2) is 5.69 Å². The van der Waals surface area contributed by atoms with Crippen LogP contribution in [0.5, 0.6) is 0 Å². The van der Waals surface area contributed by atoms with E-state index in [1.54, 1.807) is 11.2 Å². The normalized spacial score (nSPS) is 14.0. The molecule has 1 aliphatic rings. The summed E-state index contributed by atoms with van der Waals surface area (Å²) < 4.78 is 7.37. The molecule has 4 rings (SSSR count). The molecular weight excluding hydrogens is 420 g/mol. The van der Waals surface area contributed by atoms with Gasteiger partial charge in [0.2, 0.25) is 0 Å². The largest absolute Gasteiger partial charge is 0.444 e. The average Bonchev–Trinajstić information content (AvgIpc) is 3.27. The van der Waals surface area contributed by atoms with Crippen molar-refractivity contribution in [2.75, 3.05) is 36.4 Å². The first kappa shape index (κ1) is 22.1. The summed E-state index contributed by atoms with van der Waals surface area (Å²) in [7, 11) is 0. The zero-order chi connectivity index (χ0) is 23.4. The molecule has 1 aliphatic heterocycles. The smallest absolute Gasteiger partial charge is 0.410 e. The van der Waals surface area contributed by atoms with Crippen molar-refractivity contribution in [3.8, 4) is 11.8 Å². The number of ether oxygens (including phenoxy) is 1. The third kappa shape index (κ3) is 5.57. The molecule has 170 valence electrons. The summed E-state index contributed by atoms with van der Waals surface area (Å²) in [5, 5.41) is 11.9. The Kier molecular flexibility index (Phi) is 6.13. The second kappa shape index (κ2) is 9.16. The van der Waals surface area contributed by atoms with Crippen molar-refractivity contribution in [2.24, 2.45) is 0 Å². The molecule has 0 unspecified atom stereocenters. The van der Waals surface area contributed by atoms with Crippen LogP contribution in [0.2, 0.25) is 0 Å². The highest BCUT2D eigenvalue weighted by molar-refractivity contribution is 5.68. The minimum Gasteiger partial charge on any atom is -0.444 e. The topological polar surface area (TPSA) is 112 Å². The standard InChI is InChI=1S/C23H26N8O2/c1-23(2,3)33-22(32)30-10-8-29(9-11-30)18-4-6-19(7-5-18)31-15-21(27-16-31)28-20-14-25-17(12-24)13-26-20/h4-7,13-16H,8-11H2,1-3H3,(H,26,28). The van der Waals surface area contributed by atoms with E-state index in [0.717, 1.165) is 24.5 Å². The molecule has 0 radical (unpaired) electrons. The van der Waals surface area contributed by atoms with E-state index in [1.807, 2.05) is 49.7 Å². The average molecular weight is 447 g/mol. The Morgan fingerprint density at radius 1 is 1.00 bits per heavy atom. The summed E-state index contributed by atoms with van der Waals surface area (Å²) >= 11 is 0. The summed E-state index contributed by atoms with van der Waals surface area (Å²) in [5.41, 5.74) is 1.85. The first-order valence-corrected chi connectivity index (χ1v) is 10.7. The molecule has 0 bridgehead atoms. The van der Waals surface area contributed by atoms with Crippen LogP contribution in [0.3, 0.4) is 0 Å². The molecule has 10 heteroatoms. The molecular formula is C23H26N8O2. The quantitative estimate of drug-likeness (QED) is 0.649.